The fourth-order valence-corrected chi connectivity index (χ4v) is 3.34. The first-order chi connectivity index (χ1) is 12.5. The Morgan fingerprint density at radius 3 is 2.77 bits per heavy atom. The first kappa shape index (κ1) is 20.5. The number of rotatable bonds is 8. The highest BCUT2D eigenvalue weighted by Crippen LogP contribution is 2.18. The smallest absolute Gasteiger partial charge is 0.250 e. The van der Waals surface area contributed by atoms with Crippen molar-refractivity contribution in [2.75, 3.05) is 26.2 Å². The van der Waals surface area contributed by atoms with E-state index in [-0.39, 0.29) is 5.56 Å². The van der Waals surface area contributed by atoms with Crippen LogP contribution in [0.1, 0.15) is 40.5 Å². The highest BCUT2D eigenvalue weighted by Gasteiger charge is 2.31. The van der Waals surface area contributed by atoms with Gasteiger partial charge in [0.05, 0.1) is 0 Å². The minimum atomic E-state index is 0.0657. The average Bonchev–Trinajstić information content (AvgIpc) is 2.97. The molecule has 1 aliphatic heterocycles. The number of likely N-dealkylation sites (tertiary alicyclic amines) is 1. The quantitative estimate of drug-likeness (QED) is 0.422. The minimum Gasteiger partial charge on any atom is -0.357 e. The van der Waals surface area contributed by atoms with Gasteiger partial charge in [0.25, 0.3) is 0 Å². The predicted molar refractivity (Wildman–Crippen MR) is 109 cm³/mol. The summed E-state index contributed by atoms with van der Waals surface area (Å²) < 4.78 is 1.76. The van der Waals surface area contributed by atoms with Crippen LogP contribution in [0.4, 0.5) is 0 Å². The summed E-state index contributed by atoms with van der Waals surface area (Å²) in [7, 11) is 0. The molecule has 2 heterocycles. The fraction of sp³-hybridized carbons (Fsp3) is 0.700. The van der Waals surface area contributed by atoms with E-state index in [0.717, 1.165) is 51.5 Å². The van der Waals surface area contributed by atoms with Gasteiger partial charge in [-0.05, 0) is 45.6 Å². The topological polar surface area (TPSA) is 61.7 Å². The third-order valence-corrected chi connectivity index (χ3v) is 5.01. The molecule has 1 aliphatic rings. The SMILES string of the molecule is CCNC(=NCCCCn1ccccc1=O)NC1CN(C(C)C)CC1C. The van der Waals surface area contributed by atoms with Crippen molar-refractivity contribution in [1.82, 2.24) is 20.1 Å². The molecule has 1 aromatic rings. The summed E-state index contributed by atoms with van der Waals surface area (Å²) in [5, 5.41) is 6.97. The minimum absolute atomic E-state index is 0.0657. The van der Waals surface area contributed by atoms with Crippen molar-refractivity contribution in [3.8, 4) is 0 Å². The lowest BCUT2D eigenvalue weighted by Crippen LogP contribution is -2.46. The number of nitrogens with zero attached hydrogens (tertiary/aromatic N) is 3. The van der Waals surface area contributed by atoms with E-state index in [0.29, 0.717) is 18.0 Å². The first-order valence-electron chi connectivity index (χ1n) is 9.95. The highest BCUT2D eigenvalue weighted by atomic mass is 16.1. The molecule has 1 fully saturated rings. The van der Waals surface area contributed by atoms with Crippen molar-refractivity contribution in [3.63, 3.8) is 0 Å². The van der Waals surface area contributed by atoms with Crippen LogP contribution in [0.25, 0.3) is 0 Å². The maximum absolute atomic E-state index is 11.7. The molecule has 6 heteroatoms. The van der Waals surface area contributed by atoms with Crippen molar-refractivity contribution in [3.05, 3.63) is 34.7 Å². The number of nitrogens with one attached hydrogen (secondary N) is 2. The molecule has 0 spiro atoms. The van der Waals surface area contributed by atoms with Crippen LogP contribution >= 0.6 is 0 Å². The van der Waals surface area contributed by atoms with E-state index in [2.05, 4.69) is 43.2 Å². The summed E-state index contributed by atoms with van der Waals surface area (Å²) >= 11 is 0. The predicted octanol–water partition coefficient (Wildman–Crippen LogP) is 1.91. The second-order valence-corrected chi connectivity index (χ2v) is 7.48. The van der Waals surface area contributed by atoms with E-state index < -0.39 is 0 Å². The van der Waals surface area contributed by atoms with Crippen molar-refractivity contribution < 1.29 is 0 Å². The van der Waals surface area contributed by atoms with Gasteiger partial charge < -0.3 is 15.2 Å². The van der Waals surface area contributed by atoms with E-state index in [4.69, 9.17) is 4.99 Å². The lowest BCUT2D eigenvalue weighted by Gasteiger charge is -2.22. The van der Waals surface area contributed by atoms with E-state index in [1.807, 2.05) is 12.3 Å². The van der Waals surface area contributed by atoms with E-state index in [1.54, 1.807) is 16.7 Å². The van der Waals surface area contributed by atoms with Gasteiger partial charge in [0, 0.05) is 57.1 Å². The number of aliphatic imine (C=N–C) groups is 1. The van der Waals surface area contributed by atoms with Crippen LogP contribution in [0, 0.1) is 5.92 Å². The zero-order valence-electron chi connectivity index (χ0n) is 16.7. The van der Waals surface area contributed by atoms with Crippen molar-refractivity contribution in [2.45, 2.75) is 59.2 Å². The molecule has 2 N–H and O–H groups in total. The first-order valence-corrected chi connectivity index (χ1v) is 9.95. The number of pyridine rings is 1. The van der Waals surface area contributed by atoms with Crippen LogP contribution in [0.3, 0.4) is 0 Å². The zero-order chi connectivity index (χ0) is 18.9. The Morgan fingerprint density at radius 2 is 2.12 bits per heavy atom. The molecule has 2 unspecified atom stereocenters. The Bertz CT molecular complexity index is 625. The van der Waals surface area contributed by atoms with Gasteiger partial charge in [-0.15, -0.1) is 0 Å². The van der Waals surface area contributed by atoms with Gasteiger partial charge in [-0.2, -0.15) is 0 Å². The van der Waals surface area contributed by atoms with Crippen molar-refractivity contribution in [2.24, 2.45) is 10.9 Å². The lowest BCUT2D eigenvalue weighted by molar-refractivity contribution is 0.265. The number of aryl methyl sites for hydroxylation is 1. The second-order valence-electron chi connectivity index (χ2n) is 7.48. The van der Waals surface area contributed by atoms with Crippen LogP contribution in [-0.2, 0) is 6.54 Å². The van der Waals surface area contributed by atoms with Gasteiger partial charge in [0.2, 0.25) is 5.56 Å². The van der Waals surface area contributed by atoms with Gasteiger partial charge >= 0.3 is 0 Å². The Balaban J connectivity index is 1.79. The number of guanidine groups is 1. The Labute approximate surface area is 157 Å². The number of aromatic nitrogens is 1. The summed E-state index contributed by atoms with van der Waals surface area (Å²) in [5.74, 6) is 1.53. The van der Waals surface area contributed by atoms with E-state index in [1.165, 1.54) is 0 Å². The van der Waals surface area contributed by atoms with Crippen LogP contribution in [-0.4, -0.2) is 53.7 Å². The van der Waals surface area contributed by atoms with Crippen molar-refractivity contribution >= 4 is 5.96 Å². The van der Waals surface area contributed by atoms with Gasteiger partial charge in [-0.1, -0.05) is 13.0 Å². The van der Waals surface area contributed by atoms with Crippen LogP contribution in [0.2, 0.25) is 0 Å². The molecule has 0 aromatic carbocycles. The molecule has 26 heavy (non-hydrogen) atoms. The van der Waals surface area contributed by atoms with Crippen molar-refractivity contribution in [1.29, 1.82) is 0 Å². The monoisotopic (exact) mass is 361 g/mol. The average molecular weight is 362 g/mol. The summed E-state index contributed by atoms with van der Waals surface area (Å²) in [5.41, 5.74) is 0.0657. The molecule has 2 rings (SSSR count). The number of hydrogen-bond acceptors (Lipinski definition) is 3. The molecule has 1 saturated heterocycles. The molecule has 146 valence electrons. The van der Waals surface area contributed by atoms with Gasteiger partial charge in [-0.3, -0.25) is 14.7 Å². The van der Waals surface area contributed by atoms with Gasteiger partial charge in [0.15, 0.2) is 5.96 Å². The Morgan fingerprint density at radius 1 is 1.31 bits per heavy atom. The Hall–Kier alpha value is -1.82. The summed E-state index contributed by atoms with van der Waals surface area (Å²) in [6.07, 6.45) is 3.77. The highest BCUT2D eigenvalue weighted by molar-refractivity contribution is 5.80. The van der Waals surface area contributed by atoms with Crippen LogP contribution in [0.5, 0.6) is 0 Å². The number of hydrogen-bond donors (Lipinski definition) is 2. The standard InChI is InChI=1S/C20H35N5O/c1-5-21-20(23-18-15-25(16(2)3)14-17(18)4)22-11-7-9-13-24-12-8-6-10-19(24)26/h6,8,10,12,16-18H,5,7,9,11,13-15H2,1-4H3,(H2,21,22,23). The molecule has 0 saturated carbocycles. The molecule has 1 aromatic heterocycles. The molecule has 0 aliphatic carbocycles. The summed E-state index contributed by atoms with van der Waals surface area (Å²) in [6.45, 7) is 13.5. The van der Waals surface area contributed by atoms with Gasteiger partial charge in [0.1, 0.15) is 0 Å². The molecule has 2 atom stereocenters. The normalized spacial score (nSPS) is 21.3. The van der Waals surface area contributed by atoms with Crippen LogP contribution < -0.4 is 16.2 Å². The van der Waals surface area contributed by atoms with E-state index >= 15 is 0 Å². The molecule has 0 radical (unpaired) electrons. The number of unbranched alkanes of at least 4 members (excludes halogenated alkanes) is 1. The summed E-state index contributed by atoms with van der Waals surface area (Å²) in [6, 6.07) is 6.31. The molecular weight excluding hydrogens is 326 g/mol. The second kappa shape index (κ2) is 10.4. The third-order valence-electron chi connectivity index (χ3n) is 5.01. The maximum atomic E-state index is 11.7. The fourth-order valence-electron chi connectivity index (χ4n) is 3.34. The maximum Gasteiger partial charge on any atom is 0.250 e. The van der Waals surface area contributed by atoms with Crippen LogP contribution in [0.15, 0.2) is 34.2 Å². The Kier molecular flexibility index (Phi) is 8.16. The van der Waals surface area contributed by atoms with E-state index in [9.17, 15) is 4.79 Å². The molecule has 6 nitrogen and oxygen atoms in total. The molecule has 0 amide bonds. The molecule has 0 bridgehead atoms. The largest absolute Gasteiger partial charge is 0.357 e. The summed E-state index contributed by atoms with van der Waals surface area (Å²) in [4.78, 5) is 18.9. The zero-order valence-corrected chi connectivity index (χ0v) is 16.7. The molecular formula is C20H35N5O. The third kappa shape index (κ3) is 6.16. The van der Waals surface area contributed by atoms with Gasteiger partial charge in [-0.25, -0.2) is 0 Å². The lowest BCUT2D eigenvalue weighted by atomic mass is 10.1.